The summed E-state index contributed by atoms with van der Waals surface area (Å²) in [5.74, 6) is 0. The van der Waals surface area contributed by atoms with E-state index in [1.54, 1.807) is 0 Å². The minimum Gasteiger partial charge on any atom is -0.340 e. The molecule has 1 heterocycles. The molecule has 0 fully saturated rings. The number of halogens is 4. The summed E-state index contributed by atoms with van der Waals surface area (Å²) < 4.78 is 62.1. The number of aryl methyl sites for hydroxylation is 2. The van der Waals surface area contributed by atoms with E-state index in [2.05, 4.69) is 15.7 Å². The summed E-state index contributed by atoms with van der Waals surface area (Å²) in [6.07, 6.45) is -2.76. The molecule has 0 aliphatic carbocycles. The Hall–Kier alpha value is -2.55. The van der Waals surface area contributed by atoms with Gasteiger partial charge in [0.15, 0.2) is 0 Å². The molecule has 1 aliphatic rings. The molecule has 2 N–H and O–H groups in total. The lowest BCUT2D eigenvalue weighted by Crippen LogP contribution is -2.32. The van der Waals surface area contributed by atoms with Gasteiger partial charge >= 0.3 is 6.18 Å². The zero-order valence-electron chi connectivity index (χ0n) is 17.0. The second-order valence-corrected chi connectivity index (χ2v) is 9.83. The predicted octanol–water partition coefficient (Wildman–Crippen LogP) is 6.21. The maximum atomic E-state index is 12.8. The summed E-state index contributed by atoms with van der Waals surface area (Å²) in [6.45, 7) is 0.588. The van der Waals surface area contributed by atoms with Gasteiger partial charge in [0.1, 0.15) is 9.92 Å². The number of benzene rings is 3. The summed E-state index contributed by atoms with van der Waals surface area (Å²) >= 11 is 6.26. The maximum Gasteiger partial charge on any atom is 0.416 e. The Bertz CT molecular complexity index is 1230. The SMILES string of the molecule is N=S(=O)(NCCN1c2ccccc2CCc2ccc(Cl)cc21)c1ccc(C(F)(F)F)cc1. The van der Waals surface area contributed by atoms with Crippen LogP contribution in [-0.4, -0.2) is 17.3 Å². The van der Waals surface area contributed by atoms with Crippen molar-refractivity contribution in [3.63, 3.8) is 0 Å². The van der Waals surface area contributed by atoms with Gasteiger partial charge in [-0.15, -0.1) is 0 Å². The zero-order valence-corrected chi connectivity index (χ0v) is 18.5. The maximum absolute atomic E-state index is 12.8. The summed E-state index contributed by atoms with van der Waals surface area (Å²) in [4.78, 5) is 2.09. The Labute approximate surface area is 190 Å². The number of alkyl halides is 3. The van der Waals surface area contributed by atoms with Crippen molar-refractivity contribution in [2.24, 2.45) is 0 Å². The first-order valence-electron chi connectivity index (χ1n) is 10.00. The van der Waals surface area contributed by atoms with E-state index in [-0.39, 0.29) is 11.4 Å². The molecule has 9 heteroatoms. The monoisotopic (exact) mass is 479 g/mol. The molecular formula is C23H21ClF3N3OS. The van der Waals surface area contributed by atoms with Gasteiger partial charge in [0.2, 0.25) is 0 Å². The molecule has 32 heavy (non-hydrogen) atoms. The minimum atomic E-state index is -4.48. The van der Waals surface area contributed by atoms with Crippen molar-refractivity contribution in [3.8, 4) is 0 Å². The number of para-hydroxylation sites is 1. The Morgan fingerprint density at radius 3 is 2.31 bits per heavy atom. The van der Waals surface area contributed by atoms with Crippen LogP contribution >= 0.6 is 11.6 Å². The topological polar surface area (TPSA) is 56.2 Å². The second-order valence-electron chi connectivity index (χ2n) is 7.53. The molecule has 0 saturated carbocycles. The van der Waals surface area contributed by atoms with Gasteiger partial charge in [-0.25, -0.2) is 13.7 Å². The van der Waals surface area contributed by atoms with Gasteiger partial charge in [-0.05, 0) is 66.4 Å². The summed E-state index contributed by atoms with van der Waals surface area (Å²) in [5, 5.41) is 0.607. The van der Waals surface area contributed by atoms with Gasteiger partial charge in [-0.2, -0.15) is 13.2 Å². The lowest BCUT2D eigenvalue weighted by molar-refractivity contribution is -0.137. The van der Waals surface area contributed by atoms with Crippen molar-refractivity contribution < 1.29 is 17.4 Å². The van der Waals surface area contributed by atoms with E-state index in [4.69, 9.17) is 16.4 Å². The molecule has 3 aromatic carbocycles. The molecule has 0 aromatic heterocycles. The molecule has 4 nitrogen and oxygen atoms in total. The lowest BCUT2D eigenvalue weighted by Gasteiger charge is -2.27. The molecular weight excluding hydrogens is 459 g/mol. The first kappa shape index (κ1) is 22.6. The van der Waals surface area contributed by atoms with Crippen LogP contribution in [0.1, 0.15) is 16.7 Å². The van der Waals surface area contributed by atoms with Crippen LogP contribution in [0.5, 0.6) is 0 Å². The zero-order chi connectivity index (χ0) is 22.9. The van der Waals surface area contributed by atoms with Gasteiger partial charge in [0, 0.05) is 29.5 Å². The quantitative estimate of drug-likeness (QED) is 0.457. The normalized spacial score (nSPS) is 15.4. The van der Waals surface area contributed by atoms with E-state index in [0.29, 0.717) is 11.6 Å². The molecule has 0 saturated heterocycles. The standard InChI is InChI=1S/C23H21ClF3N3OS/c24-19-10-7-17-6-5-16-3-1-2-4-21(16)30(22(17)15-19)14-13-29-32(28,31)20-11-8-18(9-12-20)23(25,26)27/h1-4,7-12,15H,5-6,13-14H2,(H2,28,29,31). The van der Waals surface area contributed by atoms with Crippen molar-refractivity contribution in [2.75, 3.05) is 18.0 Å². The fourth-order valence-corrected chi connectivity index (χ4v) is 5.08. The number of fused-ring (bicyclic) bond motifs is 2. The molecule has 1 aliphatic heterocycles. The molecule has 4 rings (SSSR count). The van der Waals surface area contributed by atoms with Gasteiger partial charge < -0.3 is 4.90 Å². The van der Waals surface area contributed by atoms with Crippen LogP contribution in [0.25, 0.3) is 0 Å². The van der Waals surface area contributed by atoms with Gasteiger partial charge in [-0.1, -0.05) is 35.9 Å². The van der Waals surface area contributed by atoms with Crippen molar-refractivity contribution in [2.45, 2.75) is 23.9 Å². The van der Waals surface area contributed by atoms with Crippen LogP contribution in [0.2, 0.25) is 5.02 Å². The van der Waals surface area contributed by atoms with Gasteiger partial charge in [0.25, 0.3) is 0 Å². The minimum absolute atomic E-state index is 0.00483. The van der Waals surface area contributed by atoms with Gasteiger partial charge in [-0.3, -0.25) is 0 Å². The molecule has 3 aromatic rings. The van der Waals surface area contributed by atoms with E-state index in [1.807, 2.05) is 36.4 Å². The third kappa shape index (κ3) is 4.77. The average molecular weight is 480 g/mol. The Kier molecular flexibility index (Phi) is 6.20. The number of nitrogens with one attached hydrogen (secondary N) is 2. The highest BCUT2D eigenvalue weighted by Crippen LogP contribution is 2.37. The highest BCUT2D eigenvalue weighted by Gasteiger charge is 2.30. The van der Waals surface area contributed by atoms with E-state index >= 15 is 0 Å². The van der Waals surface area contributed by atoms with Crippen molar-refractivity contribution >= 4 is 32.9 Å². The molecule has 0 spiro atoms. The highest BCUT2D eigenvalue weighted by molar-refractivity contribution is 7.90. The lowest BCUT2D eigenvalue weighted by atomic mass is 10.0. The van der Waals surface area contributed by atoms with Gasteiger partial charge in [0.05, 0.1) is 10.5 Å². The van der Waals surface area contributed by atoms with Crippen molar-refractivity contribution in [1.29, 1.82) is 4.78 Å². The number of nitrogens with zero attached hydrogens (tertiary/aromatic N) is 1. The Morgan fingerprint density at radius 2 is 1.62 bits per heavy atom. The van der Waals surface area contributed by atoms with Crippen LogP contribution < -0.4 is 9.62 Å². The number of rotatable bonds is 5. The second kappa shape index (κ2) is 8.77. The molecule has 1 atom stereocenters. The van der Waals surface area contributed by atoms with Crippen LogP contribution in [0.15, 0.2) is 71.6 Å². The summed E-state index contributed by atoms with van der Waals surface area (Å²) in [7, 11) is -3.47. The predicted molar refractivity (Wildman–Crippen MR) is 121 cm³/mol. The summed E-state index contributed by atoms with van der Waals surface area (Å²) in [5.41, 5.74) is 3.44. The number of anilines is 2. The Morgan fingerprint density at radius 1 is 0.969 bits per heavy atom. The summed E-state index contributed by atoms with van der Waals surface area (Å²) in [6, 6.07) is 17.6. The van der Waals surface area contributed by atoms with E-state index in [0.717, 1.165) is 54.0 Å². The molecule has 0 amide bonds. The third-order valence-electron chi connectivity index (χ3n) is 5.44. The van der Waals surface area contributed by atoms with Crippen LogP contribution in [0.3, 0.4) is 0 Å². The molecule has 0 bridgehead atoms. The fraction of sp³-hybridized carbons (Fsp3) is 0.217. The van der Waals surface area contributed by atoms with Crippen molar-refractivity contribution in [1.82, 2.24) is 4.72 Å². The smallest absolute Gasteiger partial charge is 0.340 e. The fourth-order valence-electron chi connectivity index (χ4n) is 3.85. The number of hydrogen-bond acceptors (Lipinski definition) is 3. The van der Waals surface area contributed by atoms with Crippen LogP contribution in [-0.2, 0) is 28.9 Å². The van der Waals surface area contributed by atoms with Crippen molar-refractivity contribution in [3.05, 3.63) is 88.4 Å². The van der Waals surface area contributed by atoms with Crippen LogP contribution in [0.4, 0.5) is 24.5 Å². The largest absolute Gasteiger partial charge is 0.416 e. The average Bonchev–Trinajstić information content (AvgIpc) is 2.90. The highest BCUT2D eigenvalue weighted by atomic mass is 35.5. The van der Waals surface area contributed by atoms with E-state index in [9.17, 15) is 17.4 Å². The first-order chi connectivity index (χ1) is 15.1. The first-order valence-corrected chi connectivity index (χ1v) is 11.9. The Balaban J connectivity index is 1.55. The third-order valence-corrected chi connectivity index (χ3v) is 7.22. The number of hydrogen-bond donors (Lipinski definition) is 2. The molecule has 1 unspecified atom stereocenters. The van der Waals surface area contributed by atoms with E-state index < -0.39 is 21.7 Å². The van der Waals surface area contributed by atoms with E-state index in [1.165, 1.54) is 5.56 Å². The van der Waals surface area contributed by atoms with Crippen LogP contribution in [0, 0.1) is 4.78 Å². The molecule has 168 valence electrons. The molecule has 0 radical (unpaired) electrons.